The zero-order chi connectivity index (χ0) is 41.4. The molecule has 0 radical (unpaired) electrons. The van der Waals surface area contributed by atoms with Gasteiger partial charge in [0.15, 0.2) is 5.58 Å². The van der Waals surface area contributed by atoms with Gasteiger partial charge in [0.2, 0.25) is 0 Å². The fraction of sp³-hybridized carbons (Fsp3) is 0. The quantitative estimate of drug-likeness (QED) is 0.168. The first-order chi connectivity index (χ1) is 31.3. The van der Waals surface area contributed by atoms with E-state index in [9.17, 15) is 0 Å². The molecule has 0 amide bonds. The van der Waals surface area contributed by atoms with Gasteiger partial charge in [0.1, 0.15) is 11.1 Å². The summed E-state index contributed by atoms with van der Waals surface area (Å²) in [4.78, 5) is 4.81. The molecule has 0 aliphatic heterocycles. The van der Waals surface area contributed by atoms with E-state index in [1.807, 2.05) is 24.4 Å². The maximum absolute atomic E-state index is 6.58. The van der Waals surface area contributed by atoms with Crippen LogP contribution in [0.5, 0.6) is 0 Å². The molecular weight excluding hydrogens is 767 g/mol. The van der Waals surface area contributed by atoms with Crippen molar-refractivity contribution >= 4 is 65.7 Å². The normalized spacial score (nSPS) is 11.8. The highest BCUT2D eigenvalue weighted by Crippen LogP contribution is 2.46. The molecular formula is C59H37N3O. The minimum atomic E-state index is 0.789. The number of hydrogen-bond donors (Lipinski definition) is 0. The molecule has 4 nitrogen and oxygen atoms in total. The molecule has 0 bridgehead atoms. The lowest BCUT2D eigenvalue weighted by molar-refractivity contribution is 0.669. The van der Waals surface area contributed by atoms with E-state index < -0.39 is 0 Å². The predicted octanol–water partition coefficient (Wildman–Crippen LogP) is 15.8. The van der Waals surface area contributed by atoms with Gasteiger partial charge in [0.25, 0.3) is 0 Å². The first kappa shape index (κ1) is 35.3. The molecule has 63 heavy (non-hydrogen) atoms. The maximum atomic E-state index is 6.58. The van der Waals surface area contributed by atoms with Crippen molar-refractivity contribution < 1.29 is 4.42 Å². The minimum Gasteiger partial charge on any atom is -0.454 e. The van der Waals surface area contributed by atoms with Crippen molar-refractivity contribution in [1.82, 2.24) is 14.1 Å². The van der Waals surface area contributed by atoms with E-state index in [4.69, 9.17) is 9.40 Å². The molecule has 294 valence electrons. The van der Waals surface area contributed by atoms with E-state index in [0.717, 1.165) is 66.7 Å². The Balaban J connectivity index is 1.10. The average molecular weight is 804 g/mol. The van der Waals surface area contributed by atoms with E-state index in [2.05, 4.69) is 209 Å². The number of furan rings is 1. The molecule has 13 rings (SSSR count). The van der Waals surface area contributed by atoms with Gasteiger partial charge in [0, 0.05) is 50.1 Å². The van der Waals surface area contributed by atoms with Crippen LogP contribution in [-0.2, 0) is 0 Å². The zero-order valence-electron chi connectivity index (χ0n) is 34.1. The fourth-order valence-corrected chi connectivity index (χ4v) is 10.00. The first-order valence-electron chi connectivity index (χ1n) is 21.4. The van der Waals surface area contributed by atoms with E-state index in [0.29, 0.717) is 0 Å². The third-order valence-electron chi connectivity index (χ3n) is 12.8. The highest BCUT2D eigenvalue weighted by Gasteiger charge is 2.23. The summed E-state index contributed by atoms with van der Waals surface area (Å²) in [7, 11) is 0. The number of pyridine rings is 1. The van der Waals surface area contributed by atoms with Crippen LogP contribution in [0, 0.1) is 0 Å². The van der Waals surface area contributed by atoms with Crippen LogP contribution in [0.2, 0.25) is 0 Å². The fourth-order valence-electron chi connectivity index (χ4n) is 10.00. The van der Waals surface area contributed by atoms with Crippen molar-refractivity contribution in [3.63, 3.8) is 0 Å². The lowest BCUT2D eigenvalue weighted by Gasteiger charge is -2.16. The number of para-hydroxylation sites is 4. The molecule has 0 saturated carbocycles. The third kappa shape index (κ3) is 5.52. The summed E-state index contributed by atoms with van der Waals surface area (Å²) in [6.45, 7) is 0. The molecule has 0 fully saturated rings. The Morgan fingerprint density at radius 2 is 0.952 bits per heavy atom. The van der Waals surface area contributed by atoms with Gasteiger partial charge in [-0.2, -0.15) is 0 Å². The smallest absolute Gasteiger partial charge is 0.161 e. The van der Waals surface area contributed by atoms with E-state index in [-0.39, 0.29) is 0 Å². The maximum Gasteiger partial charge on any atom is 0.161 e. The second-order valence-electron chi connectivity index (χ2n) is 16.3. The van der Waals surface area contributed by atoms with Gasteiger partial charge in [0.05, 0.1) is 22.1 Å². The van der Waals surface area contributed by atoms with E-state index in [1.54, 1.807) is 0 Å². The lowest BCUT2D eigenvalue weighted by atomic mass is 9.90. The molecule has 4 aromatic heterocycles. The Labute approximate surface area is 363 Å². The summed E-state index contributed by atoms with van der Waals surface area (Å²) >= 11 is 0. The van der Waals surface area contributed by atoms with Crippen LogP contribution in [0.15, 0.2) is 229 Å². The molecule has 4 heteroatoms. The van der Waals surface area contributed by atoms with Crippen molar-refractivity contribution in [1.29, 1.82) is 0 Å². The van der Waals surface area contributed by atoms with E-state index in [1.165, 1.54) is 54.8 Å². The highest BCUT2D eigenvalue weighted by atomic mass is 16.3. The van der Waals surface area contributed by atoms with Crippen LogP contribution in [0.3, 0.4) is 0 Å². The van der Waals surface area contributed by atoms with Gasteiger partial charge >= 0.3 is 0 Å². The standard InChI is InChI=1S/C59H37N3O/c1-4-17-38(18-5-1)40-33-41(44-31-32-60-58-48-25-12-15-30-56(48)63-59(44)58)35-43(34-40)62-53-28-14-11-24-47(53)57-46(26-16-29-54(57)62)50-36-51-45-23-10-13-27-52(45)61(42-21-8-3-9-22-42)55(51)37-49(50)39-19-6-2-7-20-39/h1-37H. The molecule has 4 heterocycles. The Kier molecular flexibility index (Phi) is 7.87. The topological polar surface area (TPSA) is 35.9 Å². The van der Waals surface area contributed by atoms with Crippen LogP contribution in [-0.4, -0.2) is 14.1 Å². The second-order valence-corrected chi connectivity index (χ2v) is 16.3. The van der Waals surface area contributed by atoms with Crippen LogP contribution in [0.4, 0.5) is 0 Å². The largest absolute Gasteiger partial charge is 0.454 e. The molecule has 0 atom stereocenters. The second kappa shape index (κ2) is 14.1. The SMILES string of the molecule is c1ccc(-c2cc(-c3ccnc4c3oc3ccccc34)cc(-n3c4ccccc4c4c(-c5cc6c7ccccc7n(-c7ccccc7)c6cc5-c5ccccc5)cccc43)c2)cc1. The van der Waals surface area contributed by atoms with Gasteiger partial charge in [-0.05, 0) is 118 Å². The number of hydrogen-bond acceptors (Lipinski definition) is 2. The van der Waals surface area contributed by atoms with Gasteiger partial charge in [-0.1, -0.05) is 140 Å². The monoisotopic (exact) mass is 803 g/mol. The number of fused-ring (bicyclic) bond motifs is 9. The summed E-state index contributed by atoms with van der Waals surface area (Å²) in [5.74, 6) is 0. The van der Waals surface area contributed by atoms with Crippen LogP contribution in [0.1, 0.15) is 0 Å². The average Bonchev–Trinajstić information content (AvgIpc) is 4.02. The van der Waals surface area contributed by atoms with Crippen LogP contribution < -0.4 is 0 Å². The zero-order valence-corrected chi connectivity index (χ0v) is 34.1. The number of benzene rings is 9. The number of nitrogens with zero attached hydrogens (tertiary/aromatic N) is 3. The summed E-state index contributed by atoms with van der Waals surface area (Å²) in [6.07, 6.45) is 1.90. The van der Waals surface area contributed by atoms with Gasteiger partial charge in [-0.3, -0.25) is 4.98 Å². The van der Waals surface area contributed by atoms with Crippen molar-refractivity contribution in [2.24, 2.45) is 0 Å². The summed E-state index contributed by atoms with van der Waals surface area (Å²) in [6, 6.07) is 78.7. The molecule has 0 spiro atoms. The third-order valence-corrected chi connectivity index (χ3v) is 12.8. The summed E-state index contributed by atoms with van der Waals surface area (Å²) in [5, 5.41) is 5.88. The van der Waals surface area contributed by atoms with Crippen molar-refractivity contribution in [3.8, 4) is 55.9 Å². The van der Waals surface area contributed by atoms with Gasteiger partial charge in [-0.15, -0.1) is 0 Å². The molecule has 0 unspecified atom stereocenters. The molecule has 0 aliphatic rings. The number of rotatable bonds is 6. The van der Waals surface area contributed by atoms with Crippen molar-refractivity contribution in [2.75, 3.05) is 0 Å². The van der Waals surface area contributed by atoms with Crippen molar-refractivity contribution in [2.45, 2.75) is 0 Å². The predicted molar refractivity (Wildman–Crippen MR) is 262 cm³/mol. The van der Waals surface area contributed by atoms with Crippen LogP contribution >= 0.6 is 0 Å². The Morgan fingerprint density at radius 3 is 1.75 bits per heavy atom. The first-order valence-corrected chi connectivity index (χ1v) is 21.4. The summed E-state index contributed by atoms with van der Waals surface area (Å²) < 4.78 is 11.4. The molecule has 13 aromatic rings. The molecule has 9 aromatic carbocycles. The summed E-state index contributed by atoms with van der Waals surface area (Å²) in [5.41, 5.74) is 18.4. The molecule has 0 aliphatic carbocycles. The van der Waals surface area contributed by atoms with E-state index >= 15 is 0 Å². The lowest BCUT2D eigenvalue weighted by Crippen LogP contribution is -1.96. The van der Waals surface area contributed by atoms with Crippen LogP contribution in [0.25, 0.3) is 122 Å². The Hall–Kier alpha value is -8.47. The Morgan fingerprint density at radius 1 is 0.333 bits per heavy atom. The van der Waals surface area contributed by atoms with Gasteiger partial charge < -0.3 is 13.6 Å². The minimum absolute atomic E-state index is 0.789. The van der Waals surface area contributed by atoms with Gasteiger partial charge in [-0.25, -0.2) is 0 Å². The molecule has 0 N–H and O–H groups in total. The highest BCUT2D eigenvalue weighted by molar-refractivity contribution is 6.19. The molecule has 0 saturated heterocycles. The number of aromatic nitrogens is 3. The Bertz CT molecular complexity index is 3900. The van der Waals surface area contributed by atoms with Crippen molar-refractivity contribution in [3.05, 3.63) is 225 Å².